The van der Waals surface area contributed by atoms with E-state index in [1.54, 1.807) is 0 Å². The van der Waals surface area contributed by atoms with Crippen molar-refractivity contribution in [2.75, 3.05) is 30.9 Å². The fraction of sp³-hybridized carbons (Fsp3) is 1.00. The fourth-order valence-electron chi connectivity index (χ4n) is 1.66. The van der Waals surface area contributed by atoms with Crippen LogP contribution in [0.15, 0.2) is 0 Å². The van der Waals surface area contributed by atoms with Crippen molar-refractivity contribution in [3.05, 3.63) is 0 Å². The monoisotopic (exact) mass is 310 g/mol. The van der Waals surface area contributed by atoms with Crippen LogP contribution in [0, 0.1) is 0 Å². The van der Waals surface area contributed by atoms with E-state index in [1.165, 1.54) is 6.42 Å². The lowest BCUT2D eigenvalue weighted by molar-refractivity contribution is 0.553. The number of hydrogen-bond acceptors (Lipinski definition) is 4. The van der Waals surface area contributed by atoms with E-state index >= 15 is 0 Å². The van der Waals surface area contributed by atoms with Crippen molar-refractivity contribution in [1.82, 2.24) is 10.0 Å². The molecular weight excluding hydrogens is 280 g/mol. The normalized spacial score (nSPS) is 12.2. The molecule has 0 aromatic heterocycles. The Morgan fingerprint density at radius 2 is 1.68 bits per heavy atom. The molecule has 0 rings (SSSR count). The van der Waals surface area contributed by atoms with Crippen LogP contribution in [0.4, 0.5) is 0 Å². The Bertz CT molecular complexity index is 293. The molecule has 0 heterocycles. The highest BCUT2D eigenvalue weighted by Crippen LogP contribution is 2.02. The minimum Gasteiger partial charge on any atom is -0.315 e. The van der Waals surface area contributed by atoms with E-state index in [4.69, 9.17) is 0 Å². The molecule has 0 aliphatic rings. The zero-order valence-electron chi connectivity index (χ0n) is 12.6. The molecule has 116 valence electrons. The predicted octanol–water partition coefficient (Wildman–Crippen LogP) is 2.22. The first kappa shape index (κ1) is 19.2. The quantitative estimate of drug-likeness (QED) is 0.512. The lowest BCUT2D eigenvalue weighted by Crippen LogP contribution is -2.28. The van der Waals surface area contributed by atoms with Gasteiger partial charge in [0.15, 0.2) is 0 Å². The van der Waals surface area contributed by atoms with Gasteiger partial charge in [0.25, 0.3) is 0 Å². The van der Waals surface area contributed by atoms with Gasteiger partial charge in [-0.1, -0.05) is 20.3 Å². The van der Waals surface area contributed by atoms with Crippen molar-refractivity contribution in [2.45, 2.75) is 52.0 Å². The molecule has 0 aliphatic heterocycles. The second-order valence-electron chi connectivity index (χ2n) is 5.08. The Labute approximate surface area is 123 Å². The highest BCUT2D eigenvalue weighted by Gasteiger charge is 2.08. The number of hydrogen-bond donors (Lipinski definition) is 2. The van der Waals surface area contributed by atoms with Crippen molar-refractivity contribution >= 4 is 21.8 Å². The molecule has 2 N–H and O–H groups in total. The molecule has 0 saturated heterocycles. The minimum absolute atomic E-state index is 0.248. The first-order valence-electron chi connectivity index (χ1n) is 7.17. The van der Waals surface area contributed by atoms with Crippen molar-refractivity contribution in [2.24, 2.45) is 0 Å². The van der Waals surface area contributed by atoms with Gasteiger partial charge in [0.2, 0.25) is 10.0 Å². The molecule has 0 atom stereocenters. The van der Waals surface area contributed by atoms with Crippen LogP contribution in [0.1, 0.15) is 46.0 Å². The van der Waals surface area contributed by atoms with Crippen LogP contribution in [-0.2, 0) is 10.0 Å². The molecular formula is C13H30N2O2S2. The summed E-state index contributed by atoms with van der Waals surface area (Å²) < 4.78 is 26.0. The van der Waals surface area contributed by atoms with E-state index in [-0.39, 0.29) is 5.75 Å². The summed E-state index contributed by atoms with van der Waals surface area (Å²) >= 11 is 1.84. The first-order chi connectivity index (χ1) is 8.98. The molecule has 0 bridgehead atoms. The molecule has 6 heteroatoms. The molecule has 0 radical (unpaired) electrons. The Balaban J connectivity index is 3.47. The maximum Gasteiger partial charge on any atom is 0.211 e. The summed E-state index contributed by atoms with van der Waals surface area (Å²) in [6.45, 7) is 5.66. The molecule has 0 unspecified atom stereocenters. The molecule has 0 amide bonds. The van der Waals surface area contributed by atoms with E-state index in [2.05, 4.69) is 30.1 Å². The third kappa shape index (κ3) is 14.4. The lowest BCUT2D eigenvalue weighted by Gasteiger charge is -2.08. The van der Waals surface area contributed by atoms with Crippen molar-refractivity contribution < 1.29 is 8.42 Å². The average Bonchev–Trinajstić information content (AvgIpc) is 2.32. The van der Waals surface area contributed by atoms with Gasteiger partial charge in [-0.3, -0.25) is 0 Å². The lowest BCUT2D eigenvalue weighted by atomic mass is 10.2. The molecule has 0 aliphatic carbocycles. The van der Waals surface area contributed by atoms with E-state index in [0.29, 0.717) is 12.6 Å². The van der Waals surface area contributed by atoms with Crippen LogP contribution in [0.2, 0.25) is 0 Å². The van der Waals surface area contributed by atoms with Gasteiger partial charge in [-0.25, -0.2) is 13.1 Å². The van der Waals surface area contributed by atoms with Gasteiger partial charge in [-0.05, 0) is 44.2 Å². The number of nitrogens with one attached hydrogen (secondary N) is 2. The molecule has 0 fully saturated rings. The van der Waals surface area contributed by atoms with Crippen LogP contribution in [0.25, 0.3) is 0 Å². The summed E-state index contributed by atoms with van der Waals surface area (Å²) in [5, 5.41) is 3.29. The fourth-order valence-corrected chi connectivity index (χ4v) is 3.33. The highest BCUT2D eigenvalue weighted by atomic mass is 32.2. The number of unbranched alkanes of at least 4 members (excludes halogenated alkanes) is 3. The standard InChI is InChI=1S/C13H30N2O2S2/c1-13(2)14-9-6-8-12-19(16,17)15-10-5-4-7-11-18-3/h13-15H,4-12H2,1-3H3. The van der Waals surface area contributed by atoms with E-state index in [1.807, 2.05) is 11.8 Å². The van der Waals surface area contributed by atoms with Crippen molar-refractivity contribution in [1.29, 1.82) is 0 Å². The molecule has 0 aromatic rings. The van der Waals surface area contributed by atoms with Crippen LogP contribution >= 0.6 is 11.8 Å². The maximum absolute atomic E-state index is 11.7. The summed E-state index contributed by atoms with van der Waals surface area (Å²) in [6, 6.07) is 0.469. The van der Waals surface area contributed by atoms with E-state index in [9.17, 15) is 8.42 Å². The Morgan fingerprint density at radius 1 is 1.00 bits per heavy atom. The molecule has 0 spiro atoms. The summed E-state index contributed by atoms with van der Waals surface area (Å²) in [4.78, 5) is 0. The van der Waals surface area contributed by atoms with Gasteiger partial charge in [-0.15, -0.1) is 0 Å². The largest absolute Gasteiger partial charge is 0.315 e. The molecule has 0 aromatic carbocycles. The second kappa shape index (κ2) is 12.0. The predicted molar refractivity (Wildman–Crippen MR) is 86.4 cm³/mol. The third-order valence-corrected chi connectivity index (χ3v) is 4.91. The van der Waals surface area contributed by atoms with Crippen LogP contribution in [-0.4, -0.2) is 45.3 Å². The molecule has 4 nitrogen and oxygen atoms in total. The summed E-state index contributed by atoms with van der Waals surface area (Å²) in [6.07, 6.45) is 6.94. The zero-order valence-corrected chi connectivity index (χ0v) is 14.2. The van der Waals surface area contributed by atoms with Gasteiger partial charge in [0.1, 0.15) is 0 Å². The molecule has 0 saturated carbocycles. The first-order valence-corrected chi connectivity index (χ1v) is 10.2. The zero-order chi connectivity index (χ0) is 14.6. The van der Waals surface area contributed by atoms with Gasteiger partial charge < -0.3 is 5.32 Å². The van der Waals surface area contributed by atoms with E-state index in [0.717, 1.165) is 38.0 Å². The second-order valence-corrected chi connectivity index (χ2v) is 7.99. The van der Waals surface area contributed by atoms with E-state index < -0.39 is 10.0 Å². The Hall–Kier alpha value is 0.220. The minimum atomic E-state index is -3.06. The highest BCUT2D eigenvalue weighted by molar-refractivity contribution is 7.98. The average molecular weight is 311 g/mol. The van der Waals surface area contributed by atoms with Gasteiger partial charge in [-0.2, -0.15) is 11.8 Å². The number of rotatable bonds is 13. The van der Waals surface area contributed by atoms with Gasteiger partial charge >= 0.3 is 0 Å². The Morgan fingerprint density at radius 3 is 2.32 bits per heavy atom. The smallest absolute Gasteiger partial charge is 0.211 e. The Kier molecular flexibility index (Phi) is 12.1. The van der Waals surface area contributed by atoms with Crippen LogP contribution in [0.3, 0.4) is 0 Å². The summed E-state index contributed by atoms with van der Waals surface area (Å²) in [5.74, 6) is 1.41. The number of thioether (sulfide) groups is 1. The molecule has 19 heavy (non-hydrogen) atoms. The topological polar surface area (TPSA) is 58.2 Å². The summed E-state index contributed by atoms with van der Waals surface area (Å²) in [5.41, 5.74) is 0. The van der Waals surface area contributed by atoms with Crippen molar-refractivity contribution in [3.8, 4) is 0 Å². The van der Waals surface area contributed by atoms with Crippen LogP contribution < -0.4 is 10.0 Å². The summed E-state index contributed by atoms with van der Waals surface area (Å²) in [7, 11) is -3.06. The maximum atomic E-state index is 11.7. The third-order valence-electron chi connectivity index (χ3n) is 2.74. The SMILES string of the molecule is CSCCCCCNS(=O)(=O)CCCCNC(C)C. The van der Waals surface area contributed by atoms with Gasteiger partial charge in [0.05, 0.1) is 5.75 Å². The number of sulfonamides is 1. The van der Waals surface area contributed by atoms with Crippen LogP contribution in [0.5, 0.6) is 0 Å². The van der Waals surface area contributed by atoms with Gasteiger partial charge in [0, 0.05) is 12.6 Å². The van der Waals surface area contributed by atoms with Crippen molar-refractivity contribution in [3.63, 3.8) is 0 Å².